The Hall–Kier alpha value is -0.520. The van der Waals surface area contributed by atoms with Crippen LogP contribution in [0, 0.1) is 58.7 Å². The molecule has 170 valence electrons. The molecule has 0 amide bonds. The summed E-state index contributed by atoms with van der Waals surface area (Å²) < 4.78 is 0. The third-order valence-corrected chi connectivity index (χ3v) is 11.1. The van der Waals surface area contributed by atoms with Crippen LogP contribution in [0.15, 0.2) is 0 Å². The fourth-order valence-electron chi connectivity index (χ4n) is 9.19. The fraction of sp³-hybridized carbons (Fsp3) is 0.929. The van der Waals surface area contributed by atoms with Crippen molar-refractivity contribution in [1.29, 1.82) is 0 Å². The zero-order valence-electron chi connectivity index (χ0n) is 20.2. The molecular weight excluding hydrogens is 368 g/mol. The zero-order valence-corrected chi connectivity index (χ0v) is 20.2. The van der Waals surface area contributed by atoms with Crippen molar-refractivity contribution in [3.05, 3.63) is 0 Å². The van der Waals surface area contributed by atoms with E-state index in [1.165, 1.54) is 44.9 Å². The summed E-state index contributed by atoms with van der Waals surface area (Å²) in [4.78, 5) is 0. The van der Waals surface area contributed by atoms with E-state index in [0.717, 1.165) is 42.9 Å². The number of terminal acetylenes is 1. The van der Waals surface area contributed by atoms with Gasteiger partial charge < -0.3 is 10.2 Å². The van der Waals surface area contributed by atoms with Gasteiger partial charge in [0.05, 0.1) is 5.60 Å². The van der Waals surface area contributed by atoms with Gasteiger partial charge in [-0.3, -0.25) is 0 Å². The molecule has 4 aliphatic carbocycles. The second-order valence-corrected chi connectivity index (χ2v) is 13.0. The van der Waals surface area contributed by atoms with Crippen molar-refractivity contribution in [2.75, 3.05) is 0 Å². The second kappa shape index (κ2) is 7.52. The Labute approximate surface area is 185 Å². The van der Waals surface area contributed by atoms with Gasteiger partial charge in [-0.15, -0.1) is 6.42 Å². The lowest BCUT2D eigenvalue weighted by Gasteiger charge is -2.62. The van der Waals surface area contributed by atoms with Crippen LogP contribution in [0.2, 0.25) is 0 Å². The summed E-state index contributed by atoms with van der Waals surface area (Å²) in [5.41, 5.74) is -0.485. The summed E-state index contributed by atoms with van der Waals surface area (Å²) in [5.74, 6) is 7.31. The zero-order chi connectivity index (χ0) is 21.9. The first-order chi connectivity index (χ1) is 13.9. The van der Waals surface area contributed by atoms with Crippen LogP contribution in [0.4, 0.5) is 0 Å². The van der Waals surface area contributed by atoms with Crippen LogP contribution in [-0.2, 0) is 0 Å². The average molecular weight is 415 g/mol. The van der Waals surface area contributed by atoms with Gasteiger partial charge in [0.25, 0.3) is 0 Å². The molecule has 0 aromatic rings. The maximum absolute atomic E-state index is 10.7. The summed E-state index contributed by atoms with van der Waals surface area (Å²) in [5, 5.41) is 21.0. The molecule has 4 saturated carbocycles. The Bertz CT molecular complexity index is 687. The Morgan fingerprint density at radius 1 is 1.00 bits per heavy atom. The van der Waals surface area contributed by atoms with E-state index in [0.29, 0.717) is 29.1 Å². The highest BCUT2D eigenvalue weighted by molar-refractivity contribution is 5.11. The van der Waals surface area contributed by atoms with E-state index >= 15 is 0 Å². The topological polar surface area (TPSA) is 40.5 Å². The molecule has 0 bridgehead atoms. The smallest absolute Gasteiger partial charge is 0.122 e. The molecular formula is C28H46O2. The molecule has 10 atom stereocenters. The van der Waals surface area contributed by atoms with E-state index in [2.05, 4.69) is 33.6 Å². The summed E-state index contributed by atoms with van der Waals surface area (Å²) in [6.45, 7) is 11.5. The van der Waals surface area contributed by atoms with E-state index < -0.39 is 11.2 Å². The molecule has 2 N–H and O–H groups in total. The third-order valence-electron chi connectivity index (χ3n) is 11.1. The van der Waals surface area contributed by atoms with Crippen LogP contribution in [0.1, 0.15) is 105 Å². The van der Waals surface area contributed by atoms with Gasteiger partial charge in [-0.05, 0) is 131 Å². The quantitative estimate of drug-likeness (QED) is 0.538. The Morgan fingerprint density at radius 2 is 1.70 bits per heavy atom. The second-order valence-electron chi connectivity index (χ2n) is 13.0. The first kappa shape index (κ1) is 22.7. The van der Waals surface area contributed by atoms with Crippen LogP contribution >= 0.6 is 0 Å². The molecule has 4 rings (SSSR count). The van der Waals surface area contributed by atoms with Crippen LogP contribution < -0.4 is 0 Å². The number of fused-ring (bicyclic) bond motifs is 5. The summed E-state index contributed by atoms with van der Waals surface area (Å²) in [6.07, 6.45) is 18.7. The van der Waals surface area contributed by atoms with E-state index in [9.17, 15) is 10.2 Å². The van der Waals surface area contributed by atoms with Crippen LogP contribution in [-0.4, -0.2) is 21.4 Å². The van der Waals surface area contributed by atoms with Crippen LogP contribution in [0.3, 0.4) is 0 Å². The van der Waals surface area contributed by atoms with Crippen molar-refractivity contribution >= 4 is 0 Å². The Morgan fingerprint density at radius 3 is 2.40 bits per heavy atom. The first-order valence-electron chi connectivity index (χ1n) is 12.8. The maximum atomic E-state index is 10.7. The van der Waals surface area contributed by atoms with Gasteiger partial charge in [0.1, 0.15) is 5.60 Å². The van der Waals surface area contributed by atoms with Crippen LogP contribution in [0.25, 0.3) is 0 Å². The molecule has 0 saturated heterocycles. The van der Waals surface area contributed by atoms with E-state index in [4.69, 9.17) is 6.42 Å². The van der Waals surface area contributed by atoms with Crippen molar-refractivity contribution in [2.45, 2.75) is 116 Å². The predicted octanol–water partition coefficient (Wildman–Crippen LogP) is 6.20. The molecule has 0 spiro atoms. The minimum Gasteiger partial charge on any atom is -0.390 e. The van der Waals surface area contributed by atoms with Crippen molar-refractivity contribution in [1.82, 2.24) is 0 Å². The van der Waals surface area contributed by atoms with Crippen molar-refractivity contribution in [2.24, 2.45) is 46.3 Å². The Balaban J connectivity index is 1.48. The lowest BCUT2D eigenvalue weighted by atomic mass is 9.43. The van der Waals surface area contributed by atoms with Crippen LogP contribution in [0.5, 0.6) is 0 Å². The molecule has 0 aliphatic heterocycles. The molecule has 0 radical (unpaired) electrons. The van der Waals surface area contributed by atoms with Gasteiger partial charge in [-0.25, -0.2) is 0 Å². The molecule has 0 aromatic carbocycles. The maximum Gasteiger partial charge on any atom is 0.122 e. The van der Waals surface area contributed by atoms with Crippen molar-refractivity contribution in [3.63, 3.8) is 0 Å². The molecule has 0 heterocycles. The number of rotatable bonds is 4. The largest absolute Gasteiger partial charge is 0.390 e. The van der Waals surface area contributed by atoms with E-state index in [1.807, 2.05) is 0 Å². The minimum absolute atomic E-state index is 0.437. The van der Waals surface area contributed by atoms with Gasteiger partial charge in [-0.1, -0.05) is 26.7 Å². The van der Waals surface area contributed by atoms with Gasteiger partial charge >= 0.3 is 0 Å². The molecule has 0 unspecified atom stereocenters. The summed E-state index contributed by atoms with van der Waals surface area (Å²) in [6, 6.07) is 0. The van der Waals surface area contributed by atoms with Crippen molar-refractivity contribution in [3.8, 4) is 12.3 Å². The minimum atomic E-state index is -0.958. The van der Waals surface area contributed by atoms with Crippen molar-refractivity contribution < 1.29 is 10.2 Å². The van der Waals surface area contributed by atoms with E-state index in [1.54, 1.807) is 6.92 Å². The normalized spacial score (nSPS) is 51.1. The first-order valence-corrected chi connectivity index (χ1v) is 12.8. The summed E-state index contributed by atoms with van der Waals surface area (Å²) >= 11 is 0. The predicted molar refractivity (Wildman–Crippen MR) is 124 cm³/mol. The number of hydrogen-bond donors (Lipinski definition) is 2. The molecule has 2 nitrogen and oxygen atoms in total. The van der Waals surface area contributed by atoms with Gasteiger partial charge in [0, 0.05) is 0 Å². The highest BCUT2D eigenvalue weighted by Crippen LogP contribution is 2.68. The van der Waals surface area contributed by atoms with Gasteiger partial charge in [0.15, 0.2) is 0 Å². The highest BCUT2D eigenvalue weighted by atomic mass is 16.3. The molecule has 4 fully saturated rings. The fourth-order valence-corrected chi connectivity index (χ4v) is 9.19. The molecule has 4 aliphatic rings. The summed E-state index contributed by atoms with van der Waals surface area (Å²) in [7, 11) is 0. The molecule has 2 heteroatoms. The third kappa shape index (κ3) is 3.67. The van der Waals surface area contributed by atoms with Gasteiger partial charge in [0.2, 0.25) is 0 Å². The lowest BCUT2D eigenvalue weighted by molar-refractivity contribution is -0.148. The van der Waals surface area contributed by atoms with Gasteiger partial charge in [-0.2, -0.15) is 0 Å². The highest BCUT2D eigenvalue weighted by Gasteiger charge is 2.61. The molecule has 30 heavy (non-hydrogen) atoms. The number of aliphatic hydroxyl groups is 2. The standard InChI is InChI=1S/C28H46O2/c1-7-25(3,29)14-12-19(2)22-10-11-23-21-9-8-20-18-26(4,30)16-17-27(20,5)24(21)13-15-28(22,23)6/h1,19-24,29-30H,8-18H2,2-6H3/t19-,20+,21+,22-,23+,24+,25+,26+,27+,28-/m1/s1. The lowest BCUT2D eigenvalue weighted by Crippen LogP contribution is -2.55. The molecule has 0 aromatic heterocycles. The Kier molecular flexibility index (Phi) is 5.68. The SMILES string of the molecule is C#C[C@](C)(O)CC[C@@H](C)[C@H]1CC[C@H]2[C@@H]3CC[C@H]4C[C@@](C)(O)CC[C@]4(C)[C@H]3CC[C@]12C. The monoisotopic (exact) mass is 414 g/mol. The number of hydrogen-bond acceptors (Lipinski definition) is 2. The average Bonchev–Trinajstić information content (AvgIpc) is 3.04. The van der Waals surface area contributed by atoms with E-state index in [-0.39, 0.29) is 0 Å².